The van der Waals surface area contributed by atoms with Gasteiger partial charge in [0, 0.05) is 25.2 Å². The molecule has 3 rings (SSSR count). The van der Waals surface area contributed by atoms with Crippen LogP contribution < -0.4 is 5.32 Å². The predicted molar refractivity (Wildman–Crippen MR) is 84.3 cm³/mol. The summed E-state index contributed by atoms with van der Waals surface area (Å²) in [7, 11) is 0. The maximum absolute atomic E-state index is 14.0. The minimum atomic E-state index is -0.596. The van der Waals surface area contributed by atoms with Gasteiger partial charge in [-0.3, -0.25) is 4.79 Å². The van der Waals surface area contributed by atoms with E-state index in [0.717, 1.165) is 6.54 Å². The summed E-state index contributed by atoms with van der Waals surface area (Å²) in [6.07, 6.45) is 1.42. The van der Waals surface area contributed by atoms with E-state index >= 15 is 0 Å². The number of nitrogens with zero attached hydrogens (tertiary/aromatic N) is 4. The molecule has 0 unspecified atom stereocenters. The Morgan fingerprint density at radius 3 is 2.96 bits per heavy atom. The fourth-order valence-electron chi connectivity index (χ4n) is 2.63. The largest absolute Gasteiger partial charge is 0.334 e. The van der Waals surface area contributed by atoms with E-state index < -0.39 is 5.82 Å². The highest BCUT2D eigenvalue weighted by Crippen LogP contribution is 2.21. The first-order valence-electron chi connectivity index (χ1n) is 7.28. The van der Waals surface area contributed by atoms with Crippen LogP contribution in [0.5, 0.6) is 0 Å². The summed E-state index contributed by atoms with van der Waals surface area (Å²) in [5.74, 6) is -0.811. The number of piperazine rings is 1. The lowest BCUT2D eigenvalue weighted by molar-refractivity contribution is 0.0646. The molecule has 2 heterocycles. The van der Waals surface area contributed by atoms with E-state index in [4.69, 9.17) is 11.6 Å². The van der Waals surface area contributed by atoms with E-state index in [1.165, 1.54) is 23.0 Å². The average Bonchev–Trinajstić information content (AvgIpc) is 2.98. The normalized spacial score (nSPS) is 17.3. The first-order valence-corrected chi connectivity index (χ1v) is 7.66. The van der Waals surface area contributed by atoms with Crippen LogP contribution in [0.4, 0.5) is 4.39 Å². The summed E-state index contributed by atoms with van der Waals surface area (Å²) < 4.78 is 15.3. The lowest BCUT2D eigenvalue weighted by atomic mass is 10.0. The number of carbonyl (C=O) groups excluding carboxylic acids is 1. The fraction of sp³-hybridized carbons (Fsp3) is 0.400. The Bertz CT molecular complexity index is 745. The van der Waals surface area contributed by atoms with Crippen molar-refractivity contribution in [1.82, 2.24) is 25.2 Å². The smallest absolute Gasteiger partial charge is 0.276 e. The first-order chi connectivity index (χ1) is 10.9. The molecule has 8 heteroatoms. The van der Waals surface area contributed by atoms with Gasteiger partial charge in [-0.1, -0.05) is 22.9 Å². The zero-order chi connectivity index (χ0) is 16.6. The molecule has 1 fully saturated rings. The summed E-state index contributed by atoms with van der Waals surface area (Å²) in [6.45, 7) is 5.95. The van der Waals surface area contributed by atoms with Gasteiger partial charge >= 0.3 is 0 Å². The molecule has 23 heavy (non-hydrogen) atoms. The van der Waals surface area contributed by atoms with E-state index in [2.05, 4.69) is 15.6 Å². The van der Waals surface area contributed by atoms with Crippen molar-refractivity contribution in [2.24, 2.45) is 0 Å². The van der Waals surface area contributed by atoms with E-state index in [1.54, 1.807) is 11.0 Å². The predicted octanol–water partition coefficient (Wildman–Crippen LogP) is 1.88. The van der Waals surface area contributed by atoms with Crippen molar-refractivity contribution in [1.29, 1.82) is 0 Å². The Kier molecular flexibility index (Phi) is 4.08. The molecule has 0 spiro atoms. The third-order valence-corrected chi connectivity index (χ3v) is 4.04. The lowest BCUT2D eigenvalue weighted by Gasteiger charge is -2.38. The van der Waals surface area contributed by atoms with E-state index in [1.807, 2.05) is 13.8 Å². The van der Waals surface area contributed by atoms with Gasteiger partial charge in [-0.05, 0) is 26.0 Å². The molecular formula is C15H17ClFN5O. The number of amides is 1. The number of halogens is 2. The van der Waals surface area contributed by atoms with E-state index in [-0.39, 0.29) is 27.9 Å². The summed E-state index contributed by atoms with van der Waals surface area (Å²) in [5.41, 5.74) is 0.190. The van der Waals surface area contributed by atoms with Crippen LogP contribution in [0.1, 0.15) is 24.3 Å². The average molecular weight is 338 g/mol. The third-order valence-electron chi connectivity index (χ3n) is 3.75. The summed E-state index contributed by atoms with van der Waals surface area (Å²) in [4.78, 5) is 14.3. The molecule has 1 aliphatic rings. The van der Waals surface area contributed by atoms with E-state index in [0.29, 0.717) is 13.1 Å². The highest BCUT2D eigenvalue weighted by molar-refractivity contribution is 6.30. The monoisotopic (exact) mass is 337 g/mol. The lowest BCUT2D eigenvalue weighted by Crippen LogP contribution is -2.58. The second-order valence-corrected chi connectivity index (χ2v) is 6.57. The molecule has 0 radical (unpaired) electrons. The number of hydrogen-bond donors (Lipinski definition) is 1. The van der Waals surface area contributed by atoms with Crippen molar-refractivity contribution >= 4 is 17.5 Å². The minimum absolute atomic E-state index is 0.00488. The molecule has 1 aliphatic heterocycles. The number of benzene rings is 1. The second-order valence-electron chi connectivity index (χ2n) is 6.16. The van der Waals surface area contributed by atoms with Gasteiger partial charge in [0.25, 0.3) is 5.91 Å². The maximum Gasteiger partial charge on any atom is 0.276 e. The molecule has 1 saturated heterocycles. The Morgan fingerprint density at radius 2 is 2.22 bits per heavy atom. The van der Waals surface area contributed by atoms with Crippen molar-refractivity contribution < 1.29 is 9.18 Å². The van der Waals surface area contributed by atoms with Gasteiger partial charge in [-0.15, -0.1) is 5.10 Å². The number of hydrogen-bond acceptors (Lipinski definition) is 4. The molecule has 1 N–H and O–H groups in total. The van der Waals surface area contributed by atoms with Gasteiger partial charge in [0.1, 0.15) is 5.69 Å². The van der Waals surface area contributed by atoms with Gasteiger partial charge in [0.2, 0.25) is 0 Å². The molecule has 122 valence electrons. The van der Waals surface area contributed by atoms with Crippen LogP contribution in [0.25, 0.3) is 5.69 Å². The highest BCUT2D eigenvalue weighted by atomic mass is 35.5. The van der Waals surface area contributed by atoms with Gasteiger partial charge in [0.05, 0.1) is 11.2 Å². The summed E-state index contributed by atoms with van der Waals surface area (Å²) in [5, 5.41) is 11.1. The number of rotatable bonds is 2. The van der Waals surface area contributed by atoms with Crippen LogP contribution in [-0.4, -0.2) is 51.0 Å². The van der Waals surface area contributed by atoms with Crippen molar-refractivity contribution in [2.45, 2.75) is 19.4 Å². The molecule has 1 amide bonds. The summed E-state index contributed by atoms with van der Waals surface area (Å²) in [6, 6.07) is 4.59. The maximum atomic E-state index is 14.0. The Morgan fingerprint density at radius 1 is 1.43 bits per heavy atom. The molecule has 0 aliphatic carbocycles. The Balaban J connectivity index is 1.84. The zero-order valence-corrected chi connectivity index (χ0v) is 13.6. The van der Waals surface area contributed by atoms with Gasteiger partial charge in [-0.2, -0.15) is 0 Å². The summed E-state index contributed by atoms with van der Waals surface area (Å²) >= 11 is 5.77. The van der Waals surface area contributed by atoms with Crippen LogP contribution >= 0.6 is 11.6 Å². The SMILES string of the molecule is CC1(C)CN(C(=O)c2cn(-c3cccc(Cl)c3F)nn2)CCN1. The molecule has 1 aromatic carbocycles. The Labute approximate surface area is 138 Å². The van der Waals surface area contributed by atoms with Crippen LogP contribution in [0.2, 0.25) is 5.02 Å². The van der Waals surface area contributed by atoms with Gasteiger partial charge in [0.15, 0.2) is 11.5 Å². The van der Waals surface area contributed by atoms with Crippen molar-refractivity contribution in [3.8, 4) is 5.69 Å². The molecule has 0 atom stereocenters. The molecule has 2 aromatic rings. The molecule has 1 aromatic heterocycles. The van der Waals surface area contributed by atoms with Gasteiger partial charge in [-0.25, -0.2) is 9.07 Å². The van der Waals surface area contributed by atoms with Crippen LogP contribution in [-0.2, 0) is 0 Å². The standard InChI is InChI=1S/C15H17ClFN5O/c1-15(2)9-21(7-6-18-15)14(23)11-8-22(20-19-11)12-5-3-4-10(16)13(12)17/h3-5,8,18H,6-7,9H2,1-2H3. The van der Waals surface area contributed by atoms with Crippen molar-refractivity contribution in [3.05, 3.63) is 40.9 Å². The first kappa shape index (κ1) is 15.9. The van der Waals surface area contributed by atoms with Crippen LogP contribution in [0, 0.1) is 5.82 Å². The van der Waals surface area contributed by atoms with Gasteiger partial charge < -0.3 is 10.2 Å². The number of aromatic nitrogens is 3. The minimum Gasteiger partial charge on any atom is -0.334 e. The highest BCUT2D eigenvalue weighted by Gasteiger charge is 2.30. The quantitative estimate of drug-likeness (QED) is 0.909. The molecule has 0 bridgehead atoms. The Hall–Kier alpha value is -1.99. The molecule has 0 saturated carbocycles. The van der Waals surface area contributed by atoms with Crippen molar-refractivity contribution in [2.75, 3.05) is 19.6 Å². The number of nitrogens with one attached hydrogen (secondary N) is 1. The van der Waals surface area contributed by atoms with E-state index in [9.17, 15) is 9.18 Å². The van der Waals surface area contributed by atoms with Crippen LogP contribution in [0.3, 0.4) is 0 Å². The number of carbonyl (C=O) groups is 1. The second kappa shape index (κ2) is 5.90. The molecule has 6 nitrogen and oxygen atoms in total. The van der Waals surface area contributed by atoms with Crippen LogP contribution in [0.15, 0.2) is 24.4 Å². The molecular weight excluding hydrogens is 321 g/mol. The topological polar surface area (TPSA) is 63.1 Å². The zero-order valence-electron chi connectivity index (χ0n) is 12.9. The third kappa shape index (κ3) is 3.20. The van der Waals surface area contributed by atoms with Crippen molar-refractivity contribution in [3.63, 3.8) is 0 Å². The fourth-order valence-corrected chi connectivity index (χ4v) is 2.80.